The smallest absolute Gasteiger partial charge is 0.312 e. The van der Waals surface area contributed by atoms with Crippen molar-refractivity contribution in [3.8, 4) is 0 Å². The molecule has 0 aliphatic carbocycles. The molecule has 0 saturated carbocycles. The average molecular weight is 284 g/mol. The topological polar surface area (TPSA) is 105 Å². The first-order valence-corrected chi connectivity index (χ1v) is 6.79. The van der Waals surface area contributed by atoms with Crippen molar-refractivity contribution >= 4 is 17.7 Å². The van der Waals surface area contributed by atoms with E-state index in [1.54, 1.807) is 0 Å². The van der Waals surface area contributed by atoms with Crippen LogP contribution in [0.3, 0.4) is 0 Å². The molecule has 112 valence electrons. The third-order valence-corrected chi connectivity index (χ3v) is 3.53. The number of rotatable bonds is 1. The lowest BCUT2D eigenvalue weighted by atomic mass is 10.2. The summed E-state index contributed by atoms with van der Waals surface area (Å²) in [5, 5.41) is 3.16. The van der Waals surface area contributed by atoms with Crippen LogP contribution >= 0.6 is 0 Å². The summed E-state index contributed by atoms with van der Waals surface area (Å²) in [6, 6.07) is -0.856. The van der Waals surface area contributed by atoms with Gasteiger partial charge in [0.25, 0.3) is 0 Å². The van der Waals surface area contributed by atoms with Gasteiger partial charge >= 0.3 is 11.8 Å². The van der Waals surface area contributed by atoms with Crippen molar-refractivity contribution < 1.29 is 19.1 Å². The Balaban J connectivity index is 2.04. The third-order valence-electron chi connectivity index (χ3n) is 3.53. The largest absolute Gasteiger partial charge is 0.377 e. The molecule has 3 amide bonds. The number of carbonyl (C=O) groups excluding carboxylic acids is 3. The Morgan fingerprint density at radius 1 is 1.10 bits per heavy atom. The molecule has 0 aromatic heterocycles. The number of nitrogens with one attached hydrogen (secondary N) is 1. The van der Waals surface area contributed by atoms with Crippen LogP contribution in [0.25, 0.3) is 0 Å². The molecule has 2 aliphatic heterocycles. The number of morpholine rings is 1. The molecule has 1 unspecified atom stereocenters. The van der Waals surface area contributed by atoms with E-state index in [9.17, 15) is 14.4 Å². The van der Waals surface area contributed by atoms with Gasteiger partial charge in [-0.3, -0.25) is 14.4 Å². The van der Waals surface area contributed by atoms with Crippen molar-refractivity contribution in [2.45, 2.75) is 12.5 Å². The van der Waals surface area contributed by atoms with Crippen molar-refractivity contribution in [1.29, 1.82) is 0 Å². The molecule has 2 heterocycles. The normalized spacial score (nSPS) is 24.1. The fraction of sp³-hybridized carbons (Fsp3) is 0.750. The van der Waals surface area contributed by atoms with Crippen molar-refractivity contribution in [2.24, 2.45) is 5.73 Å². The van der Waals surface area contributed by atoms with Crippen LogP contribution in [0.1, 0.15) is 6.42 Å². The van der Waals surface area contributed by atoms with Gasteiger partial charge in [-0.25, -0.2) is 0 Å². The van der Waals surface area contributed by atoms with Crippen LogP contribution in [-0.4, -0.2) is 79.5 Å². The molecule has 8 heteroatoms. The minimum Gasteiger partial charge on any atom is -0.377 e. The van der Waals surface area contributed by atoms with Crippen molar-refractivity contribution in [3.05, 3.63) is 0 Å². The van der Waals surface area contributed by atoms with E-state index in [1.807, 2.05) is 0 Å². The quantitative estimate of drug-likeness (QED) is 0.519. The van der Waals surface area contributed by atoms with Crippen LogP contribution in [0.5, 0.6) is 0 Å². The van der Waals surface area contributed by atoms with E-state index in [2.05, 4.69) is 5.32 Å². The molecule has 8 nitrogen and oxygen atoms in total. The van der Waals surface area contributed by atoms with Gasteiger partial charge in [0.05, 0.1) is 13.2 Å². The first-order valence-electron chi connectivity index (χ1n) is 6.79. The van der Waals surface area contributed by atoms with Crippen molar-refractivity contribution in [2.75, 3.05) is 45.9 Å². The number of hydrogen-bond acceptors (Lipinski definition) is 5. The molecule has 0 spiro atoms. The molecule has 2 aliphatic rings. The summed E-state index contributed by atoms with van der Waals surface area (Å²) in [5.41, 5.74) is 5.25. The molecular weight excluding hydrogens is 264 g/mol. The van der Waals surface area contributed by atoms with E-state index in [0.717, 1.165) is 13.0 Å². The molecule has 2 rings (SSSR count). The Bertz CT molecular complexity index is 393. The zero-order valence-electron chi connectivity index (χ0n) is 11.3. The molecule has 0 bridgehead atoms. The highest BCUT2D eigenvalue weighted by Gasteiger charge is 2.36. The lowest BCUT2D eigenvalue weighted by Gasteiger charge is -2.34. The van der Waals surface area contributed by atoms with Gasteiger partial charge in [-0.1, -0.05) is 0 Å². The standard InChI is InChI=1S/C12H20N4O4/c13-10(17)9-8-20-7-6-16(9)12(19)11(18)15-4-1-2-14-3-5-15/h9,14H,1-8H2,(H2,13,17). The summed E-state index contributed by atoms with van der Waals surface area (Å²) in [6.45, 7) is 3.12. The van der Waals surface area contributed by atoms with Gasteiger partial charge in [-0.05, 0) is 13.0 Å². The summed E-state index contributed by atoms with van der Waals surface area (Å²) < 4.78 is 5.14. The maximum absolute atomic E-state index is 12.3. The van der Waals surface area contributed by atoms with E-state index in [-0.39, 0.29) is 13.2 Å². The van der Waals surface area contributed by atoms with E-state index in [1.165, 1.54) is 9.80 Å². The maximum Gasteiger partial charge on any atom is 0.312 e. The van der Waals surface area contributed by atoms with Gasteiger partial charge < -0.3 is 25.6 Å². The molecule has 2 saturated heterocycles. The fourth-order valence-electron chi connectivity index (χ4n) is 2.39. The maximum atomic E-state index is 12.3. The highest BCUT2D eigenvalue weighted by atomic mass is 16.5. The van der Waals surface area contributed by atoms with Crippen LogP contribution < -0.4 is 11.1 Å². The van der Waals surface area contributed by atoms with Crippen molar-refractivity contribution in [3.63, 3.8) is 0 Å². The van der Waals surface area contributed by atoms with Crippen LogP contribution in [0.4, 0.5) is 0 Å². The van der Waals surface area contributed by atoms with Crippen LogP contribution in [0, 0.1) is 0 Å². The Labute approximate surface area is 117 Å². The zero-order valence-corrected chi connectivity index (χ0v) is 11.3. The predicted octanol–water partition coefficient (Wildman–Crippen LogP) is -2.48. The first-order chi connectivity index (χ1) is 9.61. The molecule has 3 N–H and O–H groups in total. The number of nitrogens with two attached hydrogens (primary N) is 1. The van der Waals surface area contributed by atoms with Gasteiger partial charge in [0.15, 0.2) is 0 Å². The molecule has 20 heavy (non-hydrogen) atoms. The van der Waals surface area contributed by atoms with Crippen LogP contribution in [-0.2, 0) is 19.1 Å². The lowest BCUT2D eigenvalue weighted by Crippen LogP contribution is -2.58. The number of amides is 3. The number of primary amides is 1. The van der Waals surface area contributed by atoms with Gasteiger partial charge in [-0.15, -0.1) is 0 Å². The van der Waals surface area contributed by atoms with Crippen LogP contribution in [0.2, 0.25) is 0 Å². The molecule has 0 aromatic rings. The number of nitrogens with zero attached hydrogens (tertiary/aromatic N) is 2. The van der Waals surface area contributed by atoms with E-state index in [4.69, 9.17) is 10.5 Å². The minimum atomic E-state index is -0.856. The molecule has 1 atom stereocenters. The Morgan fingerprint density at radius 3 is 2.65 bits per heavy atom. The van der Waals surface area contributed by atoms with Gasteiger partial charge in [-0.2, -0.15) is 0 Å². The molecule has 0 radical (unpaired) electrons. The molecule has 0 aromatic carbocycles. The fourth-order valence-corrected chi connectivity index (χ4v) is 2.39. The highest BCUT2D eigenvalue weighted by molar-refractivity contribution is 6.35. The summed E-state index contributed by atoms with van der Waals surface area (Å²) in [7, 11) is 0. The number of hydrogen-bond donors (Lipinski definition) is 2. The van der Waals surface area contributed by atoms with E-state index < -0.39 is 23.8 Å². The highest BCUT2D eigenvalue weighted by Crippen LogP contribution is 2.09. The predicted molar refractivity (Wildman–Crippen MR) is 69.6 cm³/mol. The Hall–Kier alpha value is -1.67. The zero-order chi connectivity index (χ0) is 14.5. The first kappa shape index (κ1) is 14.7. The van der Waals surface area contributed by atoms with E-state index >= 15 is 0 Å². The monoisotopic (exact) mass is 284 g/mol. The Kier molecular flexibility index (Phi) is 4.91. The van der Waals surface area contributed by atoms with Gasteiger partial charge in [0.1, 0.15) is 6.04 Å². The second-order valence-electron chi connectivity index (χ2n) is 4.89. The SMILES string of the molecule is NC(=O)C1COCCN1C(=O)C(=O)N1CCCNCC1. The summed E-state index contributed by atoms with van der Waals surface area (Å²) in [4.78, 5) is 38.6. The second-order valence-corrected chi connectivity index (χ2v) is 4.89. The molecule has 2 fully saturated rings. The summed E-state index contributed by atoms with van der Waals surface area (Å²) in [6.07, 6.45) is 0.807. The van der Waals surface area contributed by atoms with Crippen molar-refractivity contribution in [1.82, 2.24) is 15.1 Å². The van der Waals surface area contributed by atoms with E-state index in [0.29, 0.717) is 26.2 Å². The average Bonchev–Trinajstić information content (AvgIpc) is 2.74. The summed E-state index contributed by atoms with van der Waals surface area (Å²) >= 11 is 0. The minimum absolute atomic E-state index is 0.0515. The number of carbonyl (C=O) groups is 3. The van der Waals surface area contributed by atoms with Gasteiger partial charge in [0.2, 0.25) is 5.91 Å². The third kappa shape index (κ3) is 3.26. The molecular formula is C12H20N4O4. The lowest BCUT2D eigenvalue weighted by molar-refractivity contribution is -0.158. The van der Waals surface area contributed by atoms with Gasteiger partial charge in [0, 0.05) is 26.2 Å². The second kappa shape index (κ2) is 6.67. The number of ether oxygens (including phenoxy) is 1. The Morgan fingerprint density at radius 2 is 1.90 bits per heavy atom. The summed E-state index contributed by atoms with van der Waals surface area (Å²) in [5.74, 6) is -1.88. The van der Waals surface area contributed by atoms with Crippen LogP contribution in [0.15, 0.2) is 0 Å².